The van der Waals surface area contributed by atoms with Crippen molar-refractivity contribution in [1.82, 2.24) is 30.3 Å². The molecule has 1 saturated heterocycles. The summed E-state index contributed by atoms with van der Waals surface area (Å²) in [5.74, 6) is 1.59. The third-order valence-electron chi connectivity index (χ3n) is 5.78. The van der Waals surface area contributed by atoms with Gasteiger partial charge in [-0.15, -0.1) is 24.0 Å². The first-order valence-corrected chi connectivity index (χ1v) is 11.4. The molecule has 1 aromatic carbocycles. The van der Waals surface area contributed by atoms with Crippen LogP contribution in [0.4, 0.5) is 0 Å². The Kier molecular flexibility index (Phi) is 9.85. The predicted octanol–water partition coefficient (Wildman–Crippen LogP) is 3.20. The lowest BCUT2D eigenvalue weighted by molar-refractivity contribution is 0.0341. The summed E-state index contributed by atoms with van der Waals surface area (Å²) in [5.41, 5.74) is 5.76. The van der Waals surface area contributed by atoms with Crippen molar-refractivity contribution in [3.05, 3.63) is 76.7 Å². The minimum Gasteiger partial charge on any atom is -0.379 e. The Morgan fingerprint density at radius 1 is 1.03 bits per heavy atom. The zero-order valence-corrected chi connectivity index (χ0v) is 22.5. The highest BCUT2D eigenvalue weighted by Crippen LogP contribution is 2.13. The maximum Gasteiger partial charge on any atom is 0.191 e. The molecule has 8 nitrogen and oxygen atoms in total. The molecule has 0 atom stereocenters. The van der Waals surface area contributed by atoms with Crippen LogP contribution in [0.2, 0.25) is 0 Å². The summed E-state index contributed by atoms with van der Waals surface area (Å²) in [7, 11) is 1.79. The number of benzene rings is 1. The summed E-state index contributed by atoms with van der Waals surface area (Å²) < 4.78 is 7.34. The van der Waals surface area contributed by atoms with Gasteiger partial charge < -0.3 is 15.4 Å². The topological polar surface area (TPSA) is 79.6 Å². The third kappa shape index (κ3) is 7.00. The highest BCUT2D eigenvalue weighted by molar-refractivity contribution is 14.0. The largest absolute Gasteiger partial charge is 0.379 e. The zero-order chi connectivity index (χ0) is 23.0. The van der Waals surface area contributed by atoms with Crippen molar-refractivity contribution in [1.29, 1.82) is 0 Å². The Hall–Kier alpha value is -2.50. The van der Waals surface area contributed by atoms with Gasteiger partial charge in [0.05, 0.1) is 18.9 Å². The molecule has 0 bridgehead atoms. The number of aliphatic imine (C=N–C) groups is 1. The lowest BCUT2D eigenvalue weighted by atomic mass is 10.1. The molecule has 0 saturated carbocycles. The van der Waals surface area contributed by atoms with E-state index in [0.717, 1.165) is 68.1 Å². The smallest absolute Gasteiger partial charge is 0.191 e. The van der Waals surface area contributed by atoms with Crippen molar-refractivity contribution in [3.63, 3.8) is 0 Å². The Morgan fingerprint density at radius 2 is 1.76 bits per heavy atom. The van der Waals surface area contributed by atoms with Crippen molar-refractivity contribution in [2.45, 2.75) is 33.5 Å². The number of rotatable bonds is 7. The van der Waals surface area contributed by atoms with Gasteiger partial charge >= 0.3 is 0 Å². The second kappa shape index (κ2) is 12.8. The van der Waals surface area contributed by atoms with E-state index in [2.05, 4.69) is 60.9 Å². The fourth-order valence-corrected chi connectivity index (χ4v) is 3.98. The van der Waals surface area contributed by atoms with Gasteiger partial charge in [0.1, 0.15) is 0 Å². The van der Waals surface area contributed by atoms with E-state index in [9.17, 15) is 0 Å². The minimum atomic E-state index is 0. The Bertz CT molecular complexity index is 1080. The molecule has 2 aromatic heterocycles. The summed E-state index contributed by atoms with van der Waals surface area (Å²) in [6.07, 6.45) is 1.88. The number of pyridine rings is 1. The normalized spacial score (nSPS) is 14.5. The molecule has 0 radical (unpaired) electrons. The number of aromatic nitrogens is 3. The lowest BCUT2D eigenvalue weighted by Gasteiger charge is -2.27. The molecular weight excluding hydrogens is 541 g/mol. The lowest BCUT2D eigenvalue weighted by Crippen LogP contribution is -2.37. The fraction of sp³-hybridized carbons (Fsp3) is 0.400. The van der Waals surface area contributed by atoms with E-state index >= 15 is 0 Å². The van der Waals surface area contributed by atoms with Gasteiger partial charge in [-0.05, 0) is 42.7 Å². The molecule has 0 spiro atoms. The summed E-state index contributed by atoms with van der Waals surface area (Å²) in [6.45, 7) is 9.92. The molecule has 34 heavy (non-hydrogen) atoms. The number of guanidine groups is 1. The van der Waals surface area contributed by atoms with Crippen molar-refractivity contribution in [3.8, 4) is 5.82 Å². The van der Waals surface area contributed by atoms with Gasteiger partial charge in [0, 0.05) is 51.7 Å². The SMILES string of the molecule is CN=C(NCc1ccc(-n2nc(C)cc2C)nc1)NCc1ccccc1CN1CCOCC1.I. The molecule has 0 aliphatic carbocycles. The number of hydrogen-bond acceptors (Lipinski definition) is 5. The third-order valence-corrected chi connectivity index (χ3v) is 5.78. The van der Waals surface area contributed by atoms with Gasteiger partial charge in [-0.25, -0.2) is 9.67 Å². The zero-order valence-electron chi connectivity index (χ0n) is 20.1. The van der Waals surface area contributed by atoms with Gasteiger partial charge in [-0.1, -0.05) is 30.3 Å². The second-order valence-corrected chi connectivity index (χ2v) is 8.30. The van der Waals surface area contributed by atoms with Crippen molar-refractivity contribution >= 4 is 29.9 Å². The fourth-order valence-electron chi connectivity index (χ4n) is 3.98. The van der Waals surface area contributed by atoms with Gasteiger partial charge in [-0.3, -0.25) is 9.89 Å². The molecule has 0 amide bonds. The van der Waals surface area contributed by atoms with E-state index in [4.69, 9.17) is 4.74 Å². The Morgan fingerprint density at radius 3 is 2.41 bits per heavy atom. The van der Waals surface area contributed by atoms with Gasteiger partial charge in [0.25, 0.3) is 0 Å². The van der Waals surface area contributed by atoms with E-state index in [0.29, 0.717) is 6.54 Å². The van der Waals surface area contributed by atoms with Crippen LogP contribution in [0.5, 0.6) is 0 Å². The van der Waals surface area contributed by atoms with Gasteiger partial charge in [0.2, 0.25) is 0 Å². The molecule has 9 heteroatoms. The van der Waals surface area contributed by atoms with Gasteiger partial charge in [-0.2, -0.15) is 5.10 Å². The van der Waals surface area contributed by atoms with E-state index in [-0.39, 0.29) is 24.0 Å². The van der Waals surface area contributed by atoms with Crippen molar-refractivity contribution < 1.29 is 4.74 Å². The van der Waals surface area contributed by atoms with Crippen LogP contribution in [0.25, 0.3) is 5.82 Å². The maximum absolute atomic E-state index is 5.47. The first-order valence-electron chi connectivity index (χ1n) is 11.4. The molecule has 0 unspecified atom stereocenters. The molecule has 1 fully saturated rings. The van der Waals surface area contributed by atoms with Crippen LogP contribution in [-0.2, 0) is 24.4 Å². The number of halogens is 1. The highest BCUT2D eigenvalue weighted by Gasteiger charge is 2.13. The van der Waals surface area contributed by atoms with E-state index in [1.165, 1.54) is 11.1 Å². The monoisotopic (exact) mass is 575 g/mol. The number of aryl methyl sites for hydroxylation is 2. The van der Waals surface area contributed by atoms with Crippen LogP contribution in [0.3, 0.4) is 0 Å². The van der Waals surface area contributed by atoms with Gasteiger partial charge in [0.15, 0.2) is 11.8 Å². The van der Waals surface area contributed by atoms with Crippen molar-refractivity contribution in [2.24, 2.45) is 4.99 Å². The molecule has 3 heterocycles. The molecule has 3 aromatic rings. The number of nitrogens with one attached hydrogen (secondary N) is 2. The minimum absolute atomic E-state index is 0. The van der Waals surface area contributed by atoms with E-state index in [1.807, 2.05) is 36.9 Å². The molecule has 1 aliphatic heterocycles. The average molecular weight is 575 g/mol. The number of nitrogens with zero attached hydrogens (tertiary/aromatic N) is 5. The van der Waals surface area contributed by atoms with Crippen LogP contribution >= 0.6 is 24.0 Å². The number of ether oxygens (including phenoxy) is 1. The first-order chi connectivity index (χ1) is 16.1. The summed E-state index contributed by atoms with van der Waals surface area (Å²) in [5, 5.41) is 11.3. The van der Waals surface area contributed by atoms with E-state index < -0.39 is 0 Å². The second-order valence-electron chi connectivity index (χ2n) is 8.30. The van der Waals surface area contributed by atoms with Crippen LogP contribution in [0.15, 0.2) is 53.7 Å². The molecule has 2 N–H and O–H groups in total. The molecule has 4 rings (SSSR count). The number of morpholine rings is 1. The molecule has 1 aliphatic rings. The molecular formula is C25H34IN7O. The summed E-state index contributed by atoms with van der Waals surface area (Å²) in [6, 6.07) is 14.7. The van der Waals surface area contributed by atoms with Crippen LogP contribution in [-0.4, -0.2) is 59.0 Å². The predicted molar refractivity (Wildman–Crippen MR) is 146 cm³/mol. The van der Waals surface area contributed by atoms with E-state index in [1.54, 1.807) is 7.05 Å². The first kappa shape index (κ1) is 26.1. The highest BCUT2D eigenvalue weighted by atomic mass is 127. The maximum atomic E-state index is 5.47. The van der Waals surface area contributed by atoms with Crippen LogP contribution in [0.1, 0.15) is 28.1 Å². The summed E-state index contributed by atoms with van der Waals surface area (Å²) in [4.78, 5) is 11.4. The summed E-state index contributed by atoms with van der Waals surface area (Å²) >= 11 is 0. The Balaban J connectivity index is 0.00000324. The number of hydrogen-bond donors (Lipinski definition) is 2. The average Bonchev–Trinajstić information content (AvgIpc) is 3.19. The quantitative estimate of drug-likeness (QED) is 0.256. The standard InChI is InChI=1S/C25H33N7O.HI/c1-19-14-20(2)32(30-19)24-9-8-21(15-27-24)16-28-25(26-3)29-17-22-6-4-5-7-23(22)18-31-10-12-33-13-11-31;/h4-9,14-15H,10-13,16-18H2,1-3H3,(H2,26,28,29);1H. The van der Waals surface area contributed by atoms with Crippen LogP contribution < -0.4 is 10.6 Å². The van der Waals surface area contributed by atoms with Crippen LogP contribution in [0, 0.1) is 13.8 Å². The Labute approximate surface area is 218 Å². The van der Waals surface area contributed by atoms with Crippen molar-refractivity contribution in [2.75, 3.05) is 33.4 Å². The molecule has 182 valence electrons.